The molecule has 0 spiro atoms. The van der Waals surface area contributed by atoms with E-state index in [-0.39, 0.29) is 6.09 Å². The number of hydrogen-bond donors (Lipinski definition) is 3. The van der Waals surface area contributed by atoms with E-state index in [1.165, 1.54) is 11.1 Å². The highest BCUT2D eigenvalue weighted by molar-refractivity contribution is 5.69. The molecule has 3 rings (SSSR count). The molecule has 1 aromatic heterocycles. The number of unbranched alkanes of at least 4 members (excludes halogenated alkanes) is 1. The molecule has 164 valence electrons. The number of rotatable bonds is 8. The minimum Gasteiger partial charge on any atom is -0.444 e. The fourth-order valence-electron chi connectivity index (χ4n) is 3.23. The van der Waals surface area contributed by atoms with Crippen molar-refractivity contribution in [2.24, 2.45) is 5.73 Å². The average molecular weight is 421 g/mol. The first kappa shape index (κ1) is 22.6. The second-order valence-corrected chi connectivity index (χ2v) is 8.61. The lowest BCUT2D eigenvalue weighted by molar-refractivity contribution is 0.0527. The van der Waals surface area contributed by atoms with Crippen LogP contribution in [-0.4, -0.2) is 28.2 Å². The molecule has 0 aliphatic carbocycles. The van der Waals surface area contributed by atoms with Gasteiger partial charge in [0.25, 0.3) is 0 Å². The Bertz CT molecular complexity index is 970. The molecule has 31 heavy (non-hydrogen) atoms. The van der Waals surface area contributed by atoms with E-state index in [0.717, 1.165) is 41.9 Å². The zero-order valence-corrected chi connectivity index (χ0v) is 18.6. The molecular weight excluding hydrogens is 388 g/mol. The van der Waals surface area contributed by atoms with E-state index in [1.807, 2.05) is 27.0 Å². The van der Waals surface area contributed by atoms with Crippen LogP contribution >= 0.6 is 0 Å². The van der Waals surface area contributed by atoms with Gasteiger partial charge in [0.2, 0.25) is 0 Å². The van der Waals surface area contributed by atoms with Crippen molar-refractivity contribution in [1.29, 1.82) is 0 Å². The molecule has 1 amide bonds. The highest BCUT2D eigenvalue weighted by Crippen LogP contribution is 2.24. The maximum absolute atomic E-state index is 11.6. The van der Waals surface area contributed by atoms with Crippen molar-refractivity contribution in [1.82, 2.24) is 15.3 Å². The fraction of sp³-hybridized carbons (Fsp3) is 0.360. The number of imidazole rings is 1. The molecule has 0 atom stereocenters. The zero-order chi connectivity index (χ0) is 22.3. The number of nitrogens with one attached hydrogen (secondary N) is 2. The van der Waals surface area contributed by atoms with Gasteiger partial charge in [0.15, 0.2) is 0 Å². The predicted octanol–water partition coefficient (Wildman–Crippen LogP) is 5.05. The van der Waals surface area contributed by atoms with Crippen LogP contribution in [0.4, 0.5) is 4.79 Å². The summed E-state index contributed by atoms with van der Waals surface area (Å²) in [4.78, 5) is 19.5. The molecule has 0 saturated carbocycles. The van der Waals surface area contributed by atoms with Crippen LogP contribution in [0.1, 0.15) is 45.0 Å². The summed E-state index contributed by atoms with van der Waals surface area (Å²) in [5, 5.41) is 2.78. The topological polar surface area (TPSA) is 93.0 Å². The number of carbonyl (C=O) groups is 1. The van der Waals surface area contributed by atoms with Crippen LogP contribution in [0, 0.1) is 0 Å². The number of nitrogens with zero attached hydrogens (tertiary/aromatic N) is 1. The van der Waals surface area contributed by atoms with E-state index in [2.05, 4.69) is 63.8 Å². The molecule has 6 heteroatoms. The smallest absolute Gasteiger partial charge is 0.407 e. The van der Waals surface area contributed by atoms with E-state index in [0.29, 0.717) is 13.1 Å². The normalized spacial score (nSPS) is 11.4. The molecule has 0 radical (unpaired) electrons. The number of alkyl carbamates (subject to hydrolysis) is 1. The van der Waals surface area contributed by atoms with E-state index in [1.54, 1.807) is 0 Å². The molecule has 0 fully saturated rings. The predicted molar refractivity (Wildman–Crippen MR) is 125 cm³/mol. The standard InChI is InChI=1S/C25H32N4O2/c1-25(2,3)31-24(30)27-15-5-4-6-23-28-17-22(29-23)21-13-11-20(12-14-21)19-9-7-18(16-26)8-10-19/h7-14,17H,4-6,15-16,26H2,1-3H3,(H,27,30)(H,28,29). The summed E-state index contributed by atoms with van der Waals surface area (Å²) in [6.45, 7) is 6.72. The van der Waals surface area contributed by atoms with Gasteiger partial charge in [-0.05, 0) is 55.9 Å². The monoisotopic (exact) mass is 420 g/mol. The van der Waals surface area contributed by atoms with Gasteiger partial charge in [0, 0.05) is 19.5 Å². The summed E-state index contributed by atoms with van der Waals surface area (Å²) >= 11 is 0. The Hall–Kier alpha value is -3.12. The minimum atomic E-state index is -0.470. The number of hydrogen-bond acceptors (Lipinski definition) is 4. The van der Waals surface area contributed by atoms with Crippen molar-refractivity contribution < 1.29 is 9.53 Å². The molecule has 4 N–H and O–H groups in total. The number of H-pyrrole nitrogens is 1. The SMILES string of the molecule is CC(C)(C)OC(=O)NCCCCc1ncc(-c2ccc(-c3ccc(CN)cc3)cc2)[nH]1. The van der Waals surface area contributed by atoms with Gasteiger partial charge in [-0.25, -0.2) is 9.78 Å². The first-order valence-electron chi connectivity index (χ1n) is 10.7. The molecule has 0 aliphatic rings. The Morgan fingerprint density at radius 3 is 2.23 bits per heavy atom. The third-order valence-corrected chi connectivity index (χ3v) is 4.86. The first-order chi connectivity index (χ1) is 14.8. The zero-order valence-electron chi connectivity index (χ0n) is 18.6. The van der Waals surface area contributed by atoms with Gasteiger partial charge in [0.05, 0.1) is 11.9 Å². The molecule has 1 heterocycles. The number of aromatic nitrogens is 2. The van der Waals surface area contributed by atoms with Gasteiger partial charge < -0.3 is 20.8 Å². The van der Waals surface area contributed by atoms with E-state index < -0.39 is 5.60 Å². The molecule has 6 nitrogen and oxygen atoms in total. The largest absolute Gasteiger partial charge is 0.444 e. The number of nitrogens with two attached hydrogens (primary N) is 1. The Morgan fingerprint density at radius 2 is 1.61 bits per heavy atom. The molecule has 3 aromatic rings. The summed E-state index contributed by atoms with van der Waals surface area (Å²) in [6.07, 6.45) is 4.14. The highest BCUT2D eigenvalue weighted by Gasteiger charge is 2.15. The fourth-order valence-corrected chi connectivity index (χ4v) is 3.23. The third-order valence-electron chi connectivity index (χ3n) is 4.86. The maximum atomic E-state index is 11.6. The summed E-state index contributed by atoms with van der Waals surface area (Å²) in [5.41, 5.74) is 10.8. The Kier molecular flexibility index (Phi) is 7.47. The maximum Gasteiger partial charge on any atom is 0.407 e. The van der Waals surface area contributed by atoms with Gasteiger partial charge in [-0.2, -0.15) is 0 Å². The lowest BCUT2D eigenvalue weighted by Gasteiger charge is -2.19. The quantitative estimate of drug-likeness (QED) is 0.445. The summed E-state index contributed by atoms with van der Waals surface area (Å²) in [7, 11) is 0. The number of carbonyl (C=O) groups excluding carboxylic acids is 1. The van der Waals surface area contributed by atoms with Crippen LogP contribution in [0.25, 0.3) is 22.4 Å². The Balaban J connectivity index is 1.47. The number of amides is 1. The Morgan fingerprint density at radius 1 is 1.00 bits per heavy atom. The average Bonchev–Trinajstić information content (AvgIpc) is 3.21. The number of aromatic amines is 1. The van der Waals surface area contributed by atoms with Crippen LogP contribution in [0.15, 0.2) is 54.7 Å². The number of ether oxygens (including phenoxy) is 1. The van der Waals surface area contributed by atoms with Crippen molar-refractivity contribution in [3.05, 3.63) is 66.1 Å². The molecule has 0 aliphatic heterocycles. The number of aryl methyl sites for hydroxylation is 1. The van der Waals surface area contributed by atoms with Crippen molar-refractivity contribution in [2.45, 2.75) is 52.2 Å². The summed E-state index contributed by atoms with van der Waals surface area (Å²) < 4.78 is 5.23. The second-order valence-electron chi connectivity index (χ2n) is 8.61. The van der Waals surface area contributed by atoms with Crippen LogP contribution < -0.4 is 11.1 Å². The van der Waals surface area contributed by atoms with Gasteiger partial charge in [0.1, 0.15) is 11.4 Å². The molecule has 0 saturated heterocycles. The highest BCUT2D eigenvalue weighted by atomic mass is 16.6. The second kappa shape index (κ2) is 10.3. The first-order valence-corrected chi connectivity index (χ1v) is 10.7. The number of benzene rings is 2. The molecule has 2 aromatic carbocycles. The lowest BCUT2D eigenvalue weighted by Crippen LogP contribution is -2.33. The van der Waals surface area contributed by atoms with Crippen LogP contribution in [-0.2, 0) is 17.7 Å². The van der Waals surface area contributed by atoms with Crippen molar-refractivity contribution in [3.63, 3.8) is 0 Å². The van der Waals surface area contributed by atoms with E-state index in [4.69, 9.17) is 10.5 Å². The van der Waals surface area contributed by atoms with Crippen LogP contribution in [0.5, 0.6) is 0 Å². The summed E-state index contributed by atoms with van der Waals surface area (Å²) in [5.74, 6) is 0.953. The lowest BCUT2D eigenvalue weighted by atomic mass is 10.0. The van der Waals surface area contributed by atoms with Gasteiger partial charge in [-0.3, -0.25) is 0 Å². The molecule has 0 unspecified atom stereocenters. The Labute approximate surface area is 184 Å². The van der Waals surface area contributed by atoms with Crippen molar-refractivity contribution in [2.75, 3.05) is 6.54 Å². The van der Waals surface area contributed by atoms with Gasteiger partial charge >= 0.3 is 6.09 Å². The molecular formula is C25H32N4O2. The van der Waals surface area contributed by atoms with Gasteiger partial charge in [-0.15, -0.1) is 0 Å². The minimum absolute atomic E-state index is 0.369. The summed E-state index contributed by atoms with van der Waals surface area (Å²) in [6, 6.07) is 16.8. The van der Waals surface area contributed by atoms with Gasteiger partial charge in [-0.1, -0.05) is 48.5 Å². The van der Waals surface area contributed by atoms with Crippen molar-refractivity contribution in [3.8, 4) is 22.4 Å². The van der Waals surface area contributed by atoms with Crippen molar-refractivity contribution >= 4 is 6.09 Å². The van der Waals surface area contributed by atoms with E-state index >= 15 is 0 Å². The molecule has 0 bridgehead atoms. The van der Waals surface area contributed by atoms with E-state index in [9.17, 15) is 4.79 Å². The van der Waals surface area contributed by atoms with Crippen LogP contribution in [0.2, 0.25) is 0 Å². The third kappa shape index (κ3) is 6.96. The van der Waals surface area contributed by atoms with Crippen LogP contribution in [0.3, 0.4) is 0 Å².